The van der Waals surface area contributed by atoms with Crippen molar-refractivity contribution in [1.29, 1.82) is 0 Å². The molecule has 0 bridgehead atoms. The van der Waals surface area contributed by atoms with Gasteiger partial charge in [0.1, 0.15) is 5.75 Å². The molecule has 1 aromatic rings. The minimum Gasteiger partial charge on any atom is -0.495 e. The summed E-state index contributed by atoms with van der Waals surface area (Å²) < 4.78 is 6.12. The molecule has 0 heterocycles. The molecule has 0 aromatic heterocycles. The number of carbonyl (C=O) groups is 2. The van der Waals surface area contributed by atoms with E-state index in [2.05, 4.69) is 33.2 Å². The lowest BCUT2D eigenvalue weighted by Crippen LogP contribution is -2.30. The molecule has 2 amide bonds. The van der Waals surface area contributed by atoms with Crippen molar-refractivity contribution in [3.05, 3.63) is 21.8 Å². The quantitative estimate of drug-likeness (QED) is 0.697. The molecule has 0 spiro atoms. The Hall–Kier alpha value is -1.51. The first kappa shape index (κ1) is 14.6. The Morgan fingerprint density at radius 1 is 1.44 bits per heavy atom. The summed E-state index contributed by atoms with van der Waals surface area (Å²) in [6.45, 7) is 0.0772. The first-order chi connectivity index (χ1) is 8.52. The van der Waals surface area contributed by atoms with E-state index >= 15 is 0 Å². The second-order valence-electron chi connectivity index (χ2n) is 3.37. The lowest BCUT2D eigenvalue weighted by Gasteiger charge is -2.11. The van der Waals surface area contributed by atoms with E-state index in [-0.39, 0.29) is 13.0 Å². The van der Waals surface area contributed by atoms with Crippen LogP contribution in [-0.4, -0.2) is 30.8 Å². The summed E-state index contributed by atoms with van der Waals surface area (Å²) in [4.78, 5) is 21.8. The van der Waals surface area contributed by atoms with Crippen LogP contribution in [0.15, 0.2) is 18.2 Å². The van der Waals surface area contributed by atoms with Gasteiger partial charge in [-0.05, 0) is 40.8 Å². The number of amides is 2. The molecule has 1 rings (SSSR count). The number of ether oxygens (including phenoxy) is 1. The molecule has 98 valence electrons. The highest BCUT2D eigenvalue weighted by Crippen LogP contribution is 2.25. The molecule has 1 aromatic carbocycles. The Balaban J connectivity index is 2.56. The van der Waals surface area contributed by atoms with Gasteiger partial charge in [0.2, 0.25) is 0 Å². The molecule has 0 unspecified atom stereocenters. The molecule has 0 aliphatic rings. The Kier molecular flexibility index (Phi) is 5.69. The predicted octanol–water partition coefficient (Wildman–Crippen LogP) is 1.90. The van der Waals surface area contributed by atoms with E-state index in [0.717, 1.165) is 3.57 Å². The SMILES string of the molecule is COc1cc(I)ccc1NC(=O)NCCC(=O)O. The van der Waals surface area contributed by atoms with Gasteiger partial charge < -0.3 is 20.5 Å². The van der Waals surface area contributed by atoms with Gasteiger partial charge >= 0.3 is 12.0 Å². The first-order valence-electron chi connectivity index (χ1n) is 5.13. The third kappa shape index (κ3) is 4.78. The number of halogens is 1. The second kappa shape index (κ2) is 7.04. The van der Waals surface area contributed by atoms with Crippen molar-refractivity contribution in [3.63, 3.8) is 0 Å². The molecule has 0 saturated heterocycles. The molecule has 7 heteroatoms. The predicted molar refractivity (Wildman–Crippen MR) is 75.0 cm³/mol. The normalized spacial score (nSPS) is 9.67. The Bertz CT molecular complexity index is 451. The zero-order valence-corrected chi connectivity index (χ0v) is 11.9. The largest absolute Gasteiger partial charge is 0.495 e. The second-order valence-corrected chi connectivity index (χ2v) is 4.61. The molecule has 0 saturated carbocycles. The van der Waals surface area contributed by atoms with Crippen molar-refractivity contribution in [2.45, 2.75) is 6.42 Å². The van der Waals surface area contributed by atoms with Gasteiger partial charge in [-0.15, -0.1) is 0 Å². The van der Waals surface area contributed by atoms with E-state index in [9.17, 15) is 9.59 Å². The molecule has 18 heavy (non-hydrogen) atoms. The average Bonchev–Trinajstić information content (AvgIpc) is 2.31. The minimum absolute atomic E-state index is 0.0772. The average molecular weight is 364 g/mol. The number of rotatable bonds is 5. The Morgan fingerprint density at radius 2 is 2.17 bits per heavy atom. The smallest absolute Gasteiger partial charge is 0.319 e. The highest BCUT2D eigenvalue weighted by Gasteiger charge is 2.07. The number of carboxylic acid groups (broad SMARTS) is 1. The van der Waals surface area contributed by atoms with Crippen molar-refractivity contribution in [1.82, 2.24) is 5.32 Å². The maximum atomic E-state index is 11.5. The number of nitrogens with one attached hydrogen (secondary N) is 2. The van der Waals surface area contributed by atoms with E-state index in [4.69, 9.17) is 9.84 Å². The van der Waals surface area contributed by atoms with Crippen LogP contribution in [0.4, 0.5) is 10.5 Å². The molecule has 3 N–H and O–H groups in total. The van der Waals surface area contributed by atoms with Crippen LogP contribution in [-0.2, 0) is 4.79 Å². The summed E-state index contributed by atoms with van der Waals surface area (Å²) in [5.74, 6) is -0.405. The van der Waals surface area contributed by atoms with Gasteiger partial charge in [-0.25, -0.2) is 4.79 Å². The molecule has 6 nitrogen and oxygen atoms in total. The molecule has 0 radical (unpaired) electrons. The third-order valence-corrected chi connectivity index (χ3v) is 2.71. The number of benzene rings is 1. The lowest BCUT2D eigenvalue weighted by atomic mass is 10.3. The van der Waals surface area contributed by atoms with Crippen LogP contribution in [0, 0.1) is 3.57 Å². The van der Waals surface area contributed by atoms with Crippen LogP contribution in [0.5, 0.6) is 5.75 Å². The fourth-order valence-corrected chi connectivity index (χ4v) is 1.68. The molecule has 0 fully saturated rings. The topological polar surface area (TPSA) is 87.7 Å². The van der Waals surface area contributed by atoms with Crippen LogP contribution in [0.1, 0.15) is 6.42 Å². The van der Waals surface area contributed by atoms with Gasteiger partial charge in [-0.1, -0.05) is 0 Å². The van der Waals surface area contributed by atoms with Crippen LogP contribution in [0.25, 0.3) is 0 Å². The number of carbonyl (C=O) groups excluding carboxylic acids is 1. The van der Waals surface area contributed by atoms with E-state index < -0.39 is 12.0 Å². The molecule has 0 aliphatic heterocycles. The molecule has 0 aliphatic carbocycles. The molecular weight excluding hydrogens is 351 g/mol. The highest BCUT2D eigenvalue weighted by atomic mass is 127. The van der Waals surface area contributed by atoms with Gasteiger partial charge in [0.15, 0.2) is 0 Å². The van der Waals surface area contributed by atoms with Crippen molar-refractivity contribution < 1.29 is 19.4 Å². The zero-order chi connectivity index (χ0) is 13.5. The van der Waals surface area contributed by atoms with Gasteiger partial charge in [0.05, 0.1) is 19.2 Å². The maximum Gasteiger partial charge on any atom is 0.319 e. The maximum absolute atomic E-state index is 11.5. The van der Waals surface area contributed by atoms with Gasteiger partial charge in [-0.2, -0.15) is 0 Å². The summed E-state index contributed by atoms with van der Waals surface area (Å²) in [7, 11) is 1.51. The Morgan fingerprint density at radius 3 is 2.78 bits per heavy atom. The monoisotopic (exact) mass is 364 g/mol. The highest BCUT2D eigenvalue weighted by molar-refractivity contribution is 14.1. The number of hydrogen-bond donors (Lipinski definition) is 3. The third-order valence-electron chi connectivity index (χ3n) is 2.04. The van der Waals surface area contributed by atoms with Crippen LogP contribution < -0.4 is 15.4 Å². The van der Waals surface area contributed by atoms with Gasteiger partial charge in [0.25, 0.3) is 0 Å². The van der Waals surface area contributed by atoms with E-state index in [1.807, 2.05) is 6.07 Å². The minimum atomic E-state index is -0.956. The fraction of sp³-hybridized carbons (Fsp3) is 0.273. The summed E-state index contributed by atoms with van der Waals surface area (Å²) in [5, 5.41) is 13.5. The number of carboxylic acids is 1. The van der Waals surface area contributed by atoms with Crippen molar-refractivity contribution in [3.8, 4) is 5.75 Å². The summed E-state index contributed by atoms with van der Waals surface area (Å²) in [6.07, 6.45) is -0.114. The van der Waals surface area contributed by atoms with Crippen molar-refractivity contribution in [2.75, 3.05) is 19.0 Å². The standard InChI is InChI=1S/C11H13IN2O4/c1-18-9-6-7(12)2-3-8(9)14-11(17)13-5-4-10(15)16/h2-3,6H,4-5H2,1H3,(H,15,16)(H2,13,14,17). The van der Waals surface area contributed by atoms with Gasteiger partial charge in [-0.3, -0.25) is 4.79 Å². The summed E-state index contributed by atoms with van der Waals surface area (Å²) in [5.41, 5.74) is 0.533. The first-order valence-corrected chi connectivity index (χ1v) is 6.21. The zero-order valence-electron chi connectivity index (χ0n) is 9.70. The van der Waals surface area contributed by atoms with Crippen LogP contribution in [0.3, 0.4) is 0 Å². The lowest BCUT2D eigenvalue weighted by molar-refractivity contribution is -0.136. The summed E-state index contributed by atoms with van der Waals surface area (Å²) in [6, 6.07) is 4.87. The van der Waals surface area contributed by atoms with E-state index in [1.54, 1.807) is 12.1 Å². The Labute approximate surface area is 118 Å². The van der Waals surface area contributed by atoms with Gasteiger partial charge in [0, 0.05) is 10.1 Å². The molecular formula is C11H13IN2O4. The van der Waals surface area contributed by atoms with Crippen molar-refractivity contribution >= 4 is 40.3 Å². The van der Waals surface area contributed by atoms with E-state index in [0.29, 0.717) is 11.4 Å². The fourth-order valence-electron chi connectivity index (χ4n) is 1.22. The number of anilines is 1. The molecule has 0 atom stereocenters. The van der Waals surface area contributed by atoms with Crippen LogP contribution in [0.2, 0.25) is 0 Å². The van der Waals surface area contributed by atoms with Crippen molar-refractivity contribution in [2.24, 2.45) is 0 Å². The number of methoxy groups -OCH3 is 1. The summed E-state index contributed by atoms with van der Waals surface area (Å²) >= 11 is 2.14. The van der Waals surface area contributed by atoms with E-state index in [1.165, 1.54) is 7.11 Å². The van der Waals surface area contributed by atoms with Crippen LogP contribution >= 0.6 is 22.6 Å². The number of aliphatic carboxylic acids is 1. The number of hydrogen-bond acceptors (Lipinski definition) is 3. The number of urea groups is 1.